The molecule has 2 N–H and O–H groups in total. The Balaban J connectivity index is 1.91. The number of nitriles is 1. The molecule has 7 nitrogen and oxygen atoms in total. The average Bonchev–Trinajstić information content (AvgIpc) is 2.95. The van der Waals surface area contributed by atoms with E-state index in [9.17, 15) is 9.59 Å². The van der Waals surface area contributed by atoms with Gasteiger partial charge in [0.25, 0.3) is 5.91 Å². The van der Waals surface area contributed by atoms with E-state index in [1.807, 2.05) is 6.07 Å². The van der Waals surface area contributed by atoms with Gasteiger partial charge in [0.05, 0.1) is 18.7 Å². The number of benzene rings is 2. The molecule has 0 aromatic heterocycles. The lowest BCUT2D eigenvalue weighted by atomic mass is 9.90. The average molecular weight is 337 g/mol. The van der Waals surface area contributed by atoms with Crippen molar-refractivity contribution >= 4 is 11.9 Å². The number of carbonyl (C=O) groups excluding carboxylic acids is 2. The second kappa shape index (κ2) is 6.53. The smallest absolute Gasteiger partial charge is 0.322 e. The van der Waals surface area contributed by atoms with Gasteiger partial charge in [0, 0.05) is 0 Å². The van der Waals surface area contributed by atoms with Crippen LogP contribution in [0.5, 0.6) is 11.5 Å². The Morgan fingerprint density at radius 3 is 2.48 bits per heavy atom. The maximum Gasteiger partial charge on any atom is 0.322 e. The minimum absolute atomic E-state index is 0.107. The zero-order chi connectivity index (χ0) is 17.9. The van der Waals surface area contributed by atoms with E-state index < -0.39 is 17.5 Å². The van der Waals surface area contributed by atoms with Crippen molar-refractivity contribution in [2.24, 2.45) is 0 Å². The summed E-state index contributed by atoms with van der Waals surface area (Å²) in [5.41, 5.74) is -0.315. The third-order valence-electron chi connectivity index (χ3n) is 3.94. The number of urea groups is 1. The standard InChI is InChI=1S/C18H15N3O4/c1-24-15-4-2-3-13(9-15)18(16(22)20-17(23)21-18)11-25-14-7-5-12(10-19)6-8-14/h2-9H,11H2,1H3,(H2,20,21,22,23). The van der Waals surface area contributed by atoms with Crippen LogP contribution in [0.25, 0.3) is 0 Å². The molecule has 0 saturated carbocycles. The van der Waals surface area contributed by atoms with Gasteiger partial charge in [-0.25, -0.2) is 4.79 Å². The molecule has 3 amide bonds. The summed E-state index contributed by atoms with van der Waals surface area (Å²) in [6.07, 6.45) is 0. The molecule has 1 aliphatic rings. The molecule has 25 heavy (non-hydrogen) atoms. The van der Waals surface area contributed by atoms with Gasteiger partial charge in [-0.05, 0) is 42.0 Å². The Morgan fingerprint density at radius 1 is 1.12 bits per heavy atom. The lowest BCUT2D eigenvalue weighted by molar-refractivity contribution is -0.125. The first-order chi connectivity index (χ1) is 12.1. The van der Waals surface area contributed by atoms with Crippen molar-refractivity contribution in [1.29, 1.82) is 5.26 Å². The minimum Gasteiger partial charge on any atom is -0.497 e. The molecule has 1 heterocycles. The Bertz CT molecular complexity index is 857. The second-order valence-electron chi connectivity index (χ2n) is 5.47. The quantitative estimate of drug-likeness (QED) is 0.809. The highest BCUT2D eigenvalue weighted by Gasteiger charge is 2.48. The fraction of sp³-hybridized carbons (Fsp3) is 0.167. The van der Waals surface area contributed by atoms with E-state index in [4.69, 9.17) is 14.7 Å². The Hall–Kier alpha value is -3.53. The molecule has 1 fully saturated rings. The number of nitrogens with zero attached hydrogens (tertiary/aromatic N) is 1. The molecule has 1 atom stereocenters. The van der Waals surface area contributed by atoms with Crippen LogP contribution >= 0.6 is 0 Å². The molecule has 0 bridgehead atoms. The van der Waals surface area contributed by atoms with E-state index in [0.29, 0.717) is 22.6 Å². The van der Waals surface area contributed by atoms with Crippen molar-refractivity contribution in [3.05, 3.63) is 59.7 Å². The van der Waals surface area contributed by atoms with Gasteiger partial charge in [-0.3, -0.25) is 10.1 Å². The fourth-order valence-corrected chi connectivity index (χ4v) is 2.59. The molecule has 0 spiro atoms. The lowest BCUT2D eigenvalue weighted by Gasteiger charge is -2.26. The van der Waals surface area contributed by atoms with Crippen molar-refractivity contribution in [3.8, 4) is 17.6 Å². The summed E-state index contributed by atoms with van der Waals surface area (Å²) in [5.74, 6) is 0.541. The highest BCUT2D eigenvalue weighted by molar-refractivity contribution is 6.07. The maximum absolute atomic E-state index is 12.5. The van der Waals surface area contributed by atoms with Crippen LogP contribution in [0.4, 0.5) is 4.79 Å². The van der Waals surface area contributed by atoms with E-state index in [1.54, 1.807) is 48.5 Å². The molecule has 2 aromatic carbocycles. The summed E-state index contributed by atoms with van der Waals surface area (Å²) in [5, 5.41) is 13.7. The Morgan fingerprint density at radius 2 is 1.88 bits per heavy atom. The van der Waals surface area contributed by atoms with Crippen LogP contribution in [-0.2, 0) is 10.3 Å². The molecular weight excluding hydrogens is 322 g/mol. The number of imide groups is 1. The number of amides is 3. The first-order valence-electron chi connectivity index (χ1n) is 7.48. The van der Waals surface area contributed by atoms with E-state index in [1.165, 1.54) is 7.11 Å². The number of hydrogen-bond donors (Lipinski definition) is 2. The molecule has 7 heteroatoms. The van der Waals surface area contributed by atoms with Gasteiger partial charge < -0.3 is 14.8 Å². The zero-order valence-electron chi connectivity index (χ0n) is 13.4. The van der Waals surface area contributed by atoms with Crippen LogP contribution in [0.2, 0.25) is 0 Å². The third kappa shape index (κ3) is 3.10. The van der Waals surface area contributed by atoms with E-state index >= 15 is 0 Å². The monoisotopic (exact) mass is 337 g/mol. The van der Waals surface area contributed by atoms with Gasteiger partial charge in [-0.15, -0.1) is 0 Å². The van der Waals surface area contributed by atoms with Crippen molar-refractivity contribution < 1.29 is 19.1 Å². The number of ether oxygens (including phenoxy) is 2. The van der Waals surface area contributed by atoms with Crippen LogP contribution in [0.1, 0.15) is 11.1 Å². The first kappa shape index (κ1) is 16.3. The fourth-order valence-electron chi connectivity index (χ4n) is 2.59. The third-order valence-corrected chi connectivity index (χ3v) is 3.94. The van der Waals surface area contributed by atoms with Gasteiger partial charge in [-0.2, -0.15) is 5.26 Å². The van der Waals surface area contributed by atoms with Gasteiger partial charge in [0.2, 0.25) is 0 Å². The van der Waals surface area contributed by atoms with Gasteiger partial charge >= 0.3 is 6.03 Å². The van der Waals surface area contributed by atoms with Crippen LogP contribution in [0.15, 0.2) is 48.5 Å². The molecule has 1 unspecified atom stereocenters. The summed E-state index contributed by atoms with van der Waals surface area (Å²) in [4.78, 5) is 24.2. The Kier molecular flexibility index (Phi) is 4.27. The van der Waals surface area contributed by atoms with Crippen molar-refractivity contribution in [2.45, 2.75) is 5.54 Å². The van der Waals surface area contributed by atoms with Gasteiger partial charge in [0.1, 0.15) is 18.1 Å². The molecule has 3 rings (SSSR count). The highest BCUT2D eigenvalue weighted by atomic mass is 16.5. The SMILES string of the molecule is COc1cccc(C2(COc3ccc(C#N)cc3)NC(=O)NC2=O)c1. The van der Waals surface area contributed by atoms with Crippen molar-refractivity contribution in [1.82, 2.24) is 10.6 Å². The molecule has 2 aromatic rings. The van der Waals surface area contributed by atoms with E-state index in [-0.39, 0.29) is 6.61 Å². The number of methoxy groups -OCH3 is 1. The first-order valence-corrected chi connectivity index (χ1v) is 7.48. The van der Waals surface area contributed by atoms with Gasteiger partial charge in [-0.1, -0.05) is 12.1 Å². The topological polar surface area (TPSA) is 100 Å². The predicted molar refractivity (Wildman–Crippen MR) is 88.0 cm³/mol. The molecule has 1 saturated heterocycles. The lowest BCUT2D eigenvalue weighted by Crippen LogP contribution is -2.48. The number of nitrogens with one attached hydrogen (secondary N) is 2. The van der Waals surface area contributed by atoms with Crippen LogP contribution in [-0.4, -0.2) is 25.7 Å². The summed E-state index contributed by atoms with van der Waals surface area (Å²) in [7, 11) is 1.52. The molecule has 0 aliphatic carbocycles. The van der Waals surface area contributed by atoms with E-state index in [2.05, 4.69) is 10.6 Å². The van der Waals surface area contributed by atoms with Gasteiger partial charge in [0.15, 0.2) is 5.54 Å². The number of hydrogen-bond acceptors (Lipinski definition) is 5. The summed E-state index contributed by atoms with van der Waals surface area (Å²) in [6, 6.07) is 14.8. The van der Waals surface area contributed by atoms with Crippen LogP contribution in [0.3, 0.4) is 0 Å². The normalized spacial score (nSPS) is 18.9. The van der Waals surface area contributed by atoms with Crippen molar-refractivity contribution in [3.63, 3.8) is 0 Å². The summed E-state index contributed by atoms with van der Waals surface area (Å²) >= 11 is 0. The molecule has 1 aliphatic heterocycles. The second-order valence-corrected chi connectivity index (χ2v) is 5.47. The molecule has 126 valence electrons. The summed E-state index contributed by atoms with van der Waals surface area (Å²) in [6.45, 7) is -0.107. The largest absolute Gasteiger partial charge is 0.497 e. The van der Waals surface area contributed by atoms with Crippen LogP contribution < -0.4 is 20.1 Å². The molecule has 0 radical (unpaired) electrons. The molecular formula is C18H15N3O4. The van der Waals surface area contributed by atoms with E-state index in [0.717, 1.165) is 0 Å². The summed E-state index contributed by atoms with van der Waals surface area (Å²) < 4.78 is 10.9. The predicted octanol–water partition coefficient (Wildman–Crippen LogP) is 1.68. The number of rotatable bonds is 5. The maximum atomic E-state index is 12.5. The number of carbonyl (C=O) groups is 2. The highest BCUT2D eigenvalue weighted by Crippen LogP contribution is 2.29. The van der Waals surface area contributed by atoms with Crippen molar-refractivity contribution in [2.75, 3.05) is 13.7 Å². The minimum atomic E-state index is -1.36. The van der Waals surface area contributed by atoms with Crippen LogP contribution in [0, 0.1) is 11.3 Å². The Labute approximate surface area is 144 Å². The zero-order valence-corrected chi connectivity index (χ0v) is 13.4.